The van der Waals surface area contributed by atoms with Crippen LogP contribution in [0.4, 0.5) is 14.5 Å². The normalized spacial score (nSPS) is 11.7. The van der Waals surface area contributed by atoms with Crippen molar-refractivity contribution in [3.63, 3.8) is 0 Å². The van der Waals surface area contributed by atoms with Gasteiger partial charge in [0.2, 0.25) is 5.91 Å². The minimum Gasteiger partial charge on any atom is -0.480 e. The molecule has 0 spiro atoms. The number of rotatable bonds is 9. The van der Waals surface area contributed by atoms with Gasteiger partial charge in [0, 0.05) is 18.3 Å². The topological polar surface area (TPSA) is 69.0 Å². The summed E-state index contributed by atoms with van der Waals surface area (Å²) in [7, 11) is 0. The highest BCUT2D eigenvalue weighted by Gasteiger charge is 2.21. The summed E-state index contributed by atoms with van der Waals surface area (Å²) in [5, 5.41) is 11.6. The number of anilines is 1. The molecular formula is C22H22F2N4O2S. The Morgan fingerprint density at radius 2 is 2.00 bits per heavy atom. The molecule has 3 rings (SSSR count). The Morgan fingerprint density at radius 3 is 2.68 bits per heavy atom. The van der Waals surface area contributed by atoms with Crippen LogP contribution in [-0.2, 0) is 11.3 Å². The van der Waals surface area contributed by atoms with Gasteiger partial charge in [-0.2, -0.15) is 0 Å². The Labute approximate surface area is 183 Å². The number of allylic oxidation sites excluding steroid dienone is 1. The third-order valence-corrected chi connectivity index (χ3v) is 5.25. The molecule has 1 amide bonds. The van der Waals surface area contributed by atoms with E-state index in [0.717, 1.165) is 17.7 Å². The van der Waals surface area contributed by atoms with E-state index < -0.39 is 17.7 Å². The van der Waals surface area contributed by atoms with Crippen molar-refractivity contribution in [2.45, 2.75) is 31.7 Å². The van der Waals surface area contributed by atoms with Crippen LogP contribution in [0, 0.1) is 18.6 Å². The van der Waals surface area contributed by atoms with Crippen molar-refractivity contribution < 1.29 is 18.3 Å². The first kappa shape index (κ1) is 22.5. The molecule has 1 aromatic heterocycles. The number of ether oxygens (including phenoxy) is 1. The average Bonchev–Trinajstić information content (AvgIpc) is 3.13. The van der Waals surface area contributed by atoms with E-state index in [-0.39, 0.29) is 17.4 Å². The van der Waals surface area contributed by atoms with Gasteiger partial charge in [-0.3, -0.25) is 9.36 Å². The molecule has 0 aliphatic carbocycles. The Balaban J connectivity index is 1.68. The van der Waals surface area contributed by atoms with Crippen LogP contribution in [0.3, 0.4) is 0 Å². The van der Waals surface area contributed by atoms with Gasteiger partial charge in [-0.1, -0.05) is 35.5 Å². The average molecular weight is 445 g/mol. The summed E-state index contributed by atoms with van der Waals surface area (Å²) in [5.74, 6) is -1.19. The molecule has 0 bridgehead atoms. The summed E-state index contributed by atoms with van der Waals surface area (Å²) in [6.45, 7) is 7.77. The van der Waals surface area contributed by atoms with Gasteiger partial charge in [0.25, 0.3) is 0 Å². The van der Waals surface area contributed by atoms with E-state index in [9.17, 15) is 13.6 Å². The molecule has 3 aromatic rings. The van der Waals surface area contributed by atoms with E-state index in [0.29, 0.717) is 23.2 Å². The Hall–Kier alpha value is -3.20. The number of nitrogens with one attached hydrogen (secondary N) is 1. The van der Waals surface area contributed by atoms with Crippen LogP contribution in [0.2, 0.25) is 0 Å². The van der Waals surface area contributed by atoms with E-state index >= 15 is 0 Å². The number of halogens is 2. The second-order valence-electron chi connectivity index (χ2n) is 6.78. The number of carbonyl (C=O) groups is 1. The smallest absolute Gasteiger partial charge is 0.234 e. The van der Waals surface area contributed by atoms with Crippen LogP contribution < -0.4 is 10.1 Å². The van der Waals surface area contributed by atoms with Gasteiger partial charge in [-0.15, -0.1) is 16.8 Å². The van der Waals surface area contributed by atoms with E-state index in [4.69, 9.17) is 4.74 Å². The third kappa shape index (κ3) is 5.91. The third-order valence-electron chi connectivity index (χ3n) is 4.29. The zero-order valence-corrected chi connectivity index (χ0v) is 18.0. The van der Waals surface area contributed by atoms with Crippen molar-refractivity contribution in [1.82, 2.24) is 14.8 Å². The first-order valence-electron chi connectivity index (χ1n) is 9.52. The van der Waals surface area contributed by atoms with Crippen LogP contribution >= 0.6 is 11.8 Å². The molecule has 0 fully saturated rings. The Kier molecular flexibility index (Phi) is 7.41. The SMILES string of the molecule is C=CCn1c(SCC(=O)Nc2ccc(C)cc2)nnc1C(C)Oc1ccc(F)cc1F. The molecule has 0 radical (unpaired) electrons. The highest BCUT2D eigenvalue weighted by molar-refractivity contribution is 7.99. The quantitative estimate of drug-likeness (QED) is 0.375. The van der Waals surface area contributed by atoms with Crippen LogP contribution in [0.15, 0.2) is 60.3 Å². The van der Waals surface area contributed by atoms with Gasteiger partial charge in [0.05, 0.1) is 5.75 Å². The Morgan fingerprint density at radius 1 is 1.26 bits per heavy atom. The molecule has 0 saturated carbocycles. The van der Waals surface area contributed by atoms with Crippen LogP contribution in [0.25, 0.3) is 0 Å². The lowest BCUT2D eigenvalue weighted by Crippen LogP contribution is -2.15. The van der Waals surface area contributed by atoms with Crippen molar-refractivity contribution in [2.75, 3.05) is 11.1 Å². The predicted octanol–water partition coefficient (Wildman–Crippen LogP) is 4.92. The molecular weight excluding hydrogens is 422 g/mol. The molecule has 9 heteroatoms. The van der Waals surface area contributed by atoms with Crippen LogP contribution in [0.1, 0.15) is 24.4 Å². The van der Waals surface area contributed by atoms with Gasteiger partial charge in [0.1, 0.15) is 5.82 Å². The molecule has 6 nitrogen and oxygen atoms in total. The fourth-order valence-corrected chi connectivity index (χ4v) is 3.54. The first-order valence-corrected chi connectivity index (χ1v) is 10.5. The van der Waals surface area contributed by atoms with E-state index in [2.05, 4.69) is 22.1 Å². The van der Waals surface area contributed by atoms with Crippen LogP contribution in [-0.4, -0.2) is 26.4 Å². The predicted molar refractivity (Wildman–Crippen MR) is 116 cm³/mol. The van der Waals surface area contributed by atoms with Gasteiger partial charge >= 0.3 is 0 Å². The minimum absolute atomic E-state index is 0.0891. The lowest BCUT2D eigenvalue weighted by atomic mass is 10.2. The van der Waals surface area contributed by atoms with Gasteiger partial charge in [-0.25, -0.2) is 8.78 Å². The minimum atomic E-state index is -0.802. The maximum absolute atomic E-state index is 13.9. The summed E-state index contributed by atoms with van der Waals surface area (Å²) >= 11 is 1.22. The Bertz CT molecular complexity index is 1070. The number of aryl methyl sites for hydroxylation is 1. The number of amides is 1. The molecule has 1 atom stereocenters. The number of hydrogen-bond donors (Lipinski definition) is 1. The lowest BCUT2D eigenvalue weighted by molar-refractivity contribution is -0.113. The van der Waals surface area contributed by atoms with Gasteiger partial charge < -0.3 is 10.1 Å². The van der Waals surface area contributed by atoms with E-state index in [1.807, 2.05) is 31.2 Å². The molecule has 1 heterocycles. The molecule has 0 saturated heterocycles. The van der Waals surface area contributed by atoms with E-state index in [1.165, 1.54) is 17.8 Å². The molecule has 31 heavy (non-hydrogen) atoms. The molecule has 2 aromatic carbocycles. The van der Waals surface area contributed by atoms with Crippen LogP contribution in [0.5, 0.6) is 5.75 Å². The molecule has 1 unspecified atom stereocenters. The monoisotopic (exact) mass is 444 g/mol. The second kappa shape index (κ2) is 10.2. The lowest BCUT2D eigenvalue weighted by Gasteiger charge is -2.16. The van der Waals surface area contributed by atoms with Crippen molar-refractivity contribution in [1.29, 1.82) is 0 Å². The number of benzene rings is 2. The zero-order valence-electron chi connectivity index (χ0n) is 17.1. The molecule has 162 valence electrons. The number of aromatic nitrogens is 3. The first-order chi connectivity index (χ1) is 14.9. The molecule has 0 aliphatic rings. The summed E-state index contributed by atoms with van der Waals surface area (Å²) in [6.07, 6.45) is 0.997. The fraction of sp³-hybridized carbons (Fsp3) is 0.227. The highest BCUT2D eigenvalue weighted by atomic mass is 32.2. The second-order valence-corrected chi connectivity index (χ2v) is 7.72. The number of carbonyl (C=O) groups excluding carboxylic acids is 1. The summed E-state index contributed by atoms with van der Waals surface area (Å²) < 4.78 is 34.4. The van der Waals surface area contributed by atoms with E-state index in [1.54, 1.807) is 17.6 Å². The molecule has 1 N–H and O–H groups in total. The van der Waals surface area contributed by atoms with Gasteiger partial charge in [-0.05, 0) is 38.1 Å². The molecule has 0 aliphatic heterocycles. The number of nitrogens with zero attached hydrogens (tertiary/aromatic N) is 3. The van der Waals surface area contributed by atoms with Gasteiger partial charge in [0.15, 0.2) is 28.7 Å². The fourth-order valence-electron chi connectivity index (χ4n) is 2.79. The standard InChI is InChI=1S/C22H22F2N4O2S/c1-4-11-28-21(15(3)30-19-10-7-16(23)12-18(19)24)26-27-22(28)31-13-20(29)25-17-8-5-14(2)6-9-17/h4-10,12,15H,1,11,13H2,2-3H3,(H,25,29). The summed E-state index contributed by atoms with van der Waals surface area (Å²) in [5.41, 5.74) is 1.82. The zero-order chi connectivity index (χ0) is 22.4. The summed E-state index contributed by atoms with van der Waals surface area (Å²) in [4.78, 5) is 12.3. The van der Waals surface area contributed by atoms with Crippen molar-refractivity contribution in [3.05, 3.63) is 78.1 Å². The van der Waals surface area contributed by atoms with Crippen molar-refractivity contribution in [3.8, 4) is 5.75 Å². The largest absolute Gasteiger partial charge is 0.480 e. The highest BCUT2D eigenvalue weighted by Crippen LogP contribution is 2.27. The van der Waals surface area contributed by atoms with Crippen molar-refractivity contribution >= 4 is 23.4 Å². The maximum atomic E-state index is 13.9. The number of thioether (sulfide) groups is 1. The van der Waals surface area contributed by atoms with Crippen molar-refractivity contribution in [2.24, 2.45) is 0 Å². The maximum Gasteiger partial charge on any atom is 0.234 e. The number of hydrogen-bond acceptors (Lipinski definition) is 5. The summed E-state index contributed by atoms with van der Waals surface area (Å²) in [6, 6.07) is 10.6.